The molecule has 0 unspecified atom stereocenters. The van der Waals surface area contributed by atoms with Crippen molar-refractivity contribution >= 4 is 29.2 Å². The first kappa shape index (κ1) is 24.9. The summed E-state index contributed by atoms with van der Waals surface area (Å²) in [5, 5.41) is 6.00. The van der Waals surface area contributed by atoms with Gasteiger partial charge < -0.3 is 14.8 Å². The molecule has 0 fully saturated rings. The number of methoxy groups -OCH3 is 1. The van der Waals surface area contributed by atoms with Gasteiger partial charge >= 0.3 is 18.2 Å². The molecule has 9 nitrogen and oxygen atoms in total. The Kier molecular flexibility index (Phi) is 7.66. The van der Waals surface area contributed by atoms with E-state index in [4.69, 9.17) is 9.47 Å². The molecule has 0 bridgehead atoms. The lowest BCUT2D eigenvalue weighted by Crippen LogP contribution is -2.28. The Labute approximate surface area is 196 Å². The predicted molar refractivity (Wildman–Crippen MR) is 119 cm³/mol. The Morgan fingerprint density at radius 1 is 1.12 bits per heavy atom. The quantitative estimate of drug-likeness (QED) is 0.460. The van der Waals surface area contributed by atoms with Crippen LogP contribution in [0, 0.1) is 0 Å². The second-order valence-corrected chi connectivity index (χ2v) is 7.50. The number of pyridine rings is 2. The molecular formula is C21H20F3N5O4S. The van der Waals surface area contributed by atoms with Crippen molar-refractivity contribution in [3.05, 3.63) is 41.2 Å². The van der Waals surface area contributed by atoms with Crippen LogP contribution in [0.3, 0.4) is 0 Å². The summed E-state index contributed by atoms with van der Waals surface area (Å²) in [6, 6.07) is 3.80. The summed E-state index contributed by atoms with van der Waals surface area (Å²) < 4.78 is 49.7. The summed E-state index contributed by atoms with van der Waals surface area (Å²) in [4.78, 5) is 36.0. The first-order valence-corrected chi connectivity index (χ1v) is 10.9. The largest absolute Gasteiger partial charge is 0.478 e. The molecular weight excluding hydrogens is 475 g/mol. The average Bonchev–Trinajstić information content (AvgIpc) is 3.29. The zero-order valence-electron chi connectivity index (χ0n) is 18.3. The molecule has 0 radical (unpaired) electrons. The van der Waals surface area contributed by atoms with Gasteiger partial charge in [0.05, 0.1) is 13.7 Å². The highest BCUT2D eigenvalue weighted by atomic mass is 32.1. The number of halogens is 3. The summed E-state index contributed by atoms with van der Waals surface area (Å²) in [5.74, 6) is -0.507. The molecule has 13 heteroatoms. The van der Waals surface area contributed by atoms with Gasteiger partial charge in [0.15, 0.2) is 11.4 Å². The lowest BCUT2D eigenvalue weighted by molar-refractivity contribution is -0.140. The van der Waals surface area contributed by atoms with Gasteiger partial charge in [-0.25, -0.2) is 24.5 Å². The molecule has 3 rings (SSSR count). The number of amides is 2. The molecule has 0 spiro atoms. The van der Waals surface area contributed by atoms with Crippen molar-refractivity contribution in [1.29, 1.82) is 0 Å². The third-order valence-corrected chi connectivity index (χ3v) is 5.18. The molecule has 34 heavy (non-hydrogen) atoms. The number of hydrogen-bond donors (Lipinski definition) is 2. The van der Waals surface area contributed by atoms with Crippen LogP contribution < -0.4 is 15.4 Å². The number of carbonyl (C=O) groups excluding carboxylic acids is 2. The Bertz CT molecular complexity index is 1200. The summed E-state index contributed by atoms with van der Waals surface area (Å²) >= 11 is 0.780. The number of ether oxygens (including phenoxy) is 2. The first-order valence-electron chi connectivity index (χ1n) is 9.97. The molecule has 0 atom stereocenters. The fourth-order valence-electron chi connectivity index (χ4n) is 2.87. The maximum Gasteiger partial charge on any atom is 0.434 e. The summed E-state index contributed by atoms with van der Waals surface area (Å²) in [7, 11) is 1.19. The van der Waals surface area contributed by atoms with Crippen molar-refractivity contribution in [3.8, 4) is 27.6 Å². The topological polar surface area (TPSA) is 115 Å². The van der Waals surface area contributed by atoms with Crippen molar-refractivity contribution in [1.82, 2.24) is 20.3 Å². The molecule has 3 aromatic heterocycles. The zero-order chi connectivity index (χ0) is 24.9. The van der Waals surface area contributed by atoms with Crippen LogP contribution in [0.25, 0.3) is 21.7 Å². The van der Waals surface area contributed by atoms with Crippen LogP contribution in [0.2, 0.25) is 0 Å². The van der Waals surface area contributed by atoms with E-state index in [9.17, 15) is 22.8 Å². The van der Waals surface area contributed by atoms with Gasteiger partial charge in [0.2, 0.25) is 5.88 Å². The monoisotopic (exact) mass is 495 g/mol. The van der Waals surface area contributed by atoms with Crippen LogP contribution in [0.1, 0.15) is 30.0 Å². The number of nitrogens with zero attached hydrogens (tertiary/aromatic N) is 3. The standard InChI is InChI=1S/C21H20F3N5O4S/c1-4-25-20(31)29-16-8-12(18-28-15(10-34-18)21(22,23)24)13(9-26-16)11-6-14(19(30)32-3)27-17(7-11)33-5-2/h6-10H,4-5H2,1-3H3,(H2,25,26,29,31). The van der Waals surface area contributed by atoms with E-state index in [1.54, 1.807) is 13.8 Å². The number of nitrogens with one attached hydrogen (secondary N) is 2. The molecule has 3 aromatic rings. The van der Waals surface area contributed by atoms with Crippen molar-refractivity contribution in [2.24, 2.45) is 0 Å². The van der Waals surface area contributed by atoms with Crippen LogP contribution in [0.5, 0.6) is 5.88 Å². The van der Waals surface area contributed by atoms with Crippen LogP contribution in [0.15, 0.2) is 29.8 Å². The molecule has 0 aliphatic rings. The zero-order valence-corrected chi connectivity index (χ0v) is 19.1. The van der Waals surface area contributed by atoms with Crippen LogP contribution in [-0.4, -0.2) is 47.2 Å². The van der Waals surface area contributed by atoms with Crippen LogP contribution in [0.4, 0.5) is 23.8 Å². The molecule has 0 aliphatic carbocycles. The number of rotatable bonds is 7. The first-order chi connectivity index (χ1) is 16.2. The molecule has 0 aromatic carbocycles. The normalized spacial score (nSPS) is 11.1. The number of hydrogen-bond acceptors (Lipinski definition) is 8. The smallest absolute Gasteiger partial charge is 0.434 e. The molecule has 3 heterocycles. The SMILES string of the molecule is CCNC(=O)Nc1cc(-c2nc(C(F)(F)F)cs2)c(-c2cc(OCC)nc(C(=O)OC)c2)cn1. The van der Waals surface area contributed by atoms with Gasteiger partial charge in [-0.2, -0.15) is 13.2 Å². The Morgan fingerprint density at radius 3 is 2.50 bits per heavy atom. The lowest BCUT2D eigenvalue weighted by atomic mass is 10.0. The number of alkyl halides is 3. The Balaban J connectivity index is 2.18. The second-order valence-electron chi connectivity index (χ2n) is 6.64. The van der Waals surface area contributed by atoms with Crippen molar-refractivity contribution in [3.63, 3.8) is 0 Å². The molecule has 0 saturated carbocycles. The highest BCUT2D eigenvalue weighted by molar-refractivity contribution is 7.13. The highest BCUT2D eigenvalue weighted by Crippen LogP contribution is 2.39. The van der Waals surface area contributed by atoms with E-state index < -0.39 is 23.9 Å². The predicted octanol–water partition coefficient (Wildman–Crippen LogP) is 4.61. The number of urea groups is 1. The number of thiazole rings is 1. The van der Waals surface area contributed by atoms with Gasteiger partial charge in [0.25, 0.3) is 0 Å². The average molecular weight is 495 g/mol. The van der Waals surface area contributed by atoms with Crippen molar-refractivity contribution < 1.29 is 32.2 Å². The van der Waals surface area contributed by atoms with Crippen molar-refractivity contribution in [2.45, 2.75) is 20.0 Å². The van der Waals surface area contributed by atoms with Crippen molar-refractivity contribution in [2.75, 3.05) is 25.6 Å². The van der Waals surface area contributed by atoms with E-state index in [-0.39, 0.29) is 34.6 Å². The minimum Gasteiger partial charge on any atom is -0.478 e. The lowest BCUT2D eigenvalue weighted by Gasteiger charge is -2.13. The number of anilines is 1. The maximum atomic E-state index is 13.2. The summed E-state index contributed by atoms with van der Waals surface area (Å²) in [6.45, 7) is 4.09. The number of carbonyl (C=O) groups is 2. The van der Waals surface area contributed by atoms with Gasteiger partial charge in [-0.15, -0.1) is 11.3 Å². The van der Waals surface area contributed by atoms with E-state index in [0.29, 0.717) is 17.7 Å². The number of esters is 1. The van der Waals surface area contributed by atoms with Gasteiger partial charge in [-0.05, 0) is 31.5 Å². The van der Waals surface area contributed by atoms with E-state index in [1.807, 2.05) is 0 Å². The fraction of sp³-hybridized carbons (Fsp3) is 0.286. The third-order valence-electron chi connectivity index (χ3n) is 4.31. The van der Waals surface area contributed by atoms with Crippen LogP contribution in [-0.2, 0) is 10.9 Å². The number of aromatic nitrogens is 3. The Morgan fingerprint density at radius 2 is 1.88 bits per heavy atom. The van der Waals surface area contributed by atoms with E-state index in [2.05, 4.69) is 25.6 Å². The molecule has 0 aliphatic heterocycles. The molecule has 0 saturated heterocycles. The molecule has 2 amide bonds. The van der Waals surface area contributed by atoms with E-state index in [1.165, 1.54) is 31.5 Å². The fourth-order valence-corrected chi connectivity index (χ4v) is 3.73. The van der Waals surface area contributed by atoms with Gasteiger partial charge in [0, 0.05) is 35.3 Å². The van der Waals surface area contributed by atoms with Gasteiger partial charge in [-0.3, -0.25) is 5.32 Å². The third kappa shape index (κ3) is 5.78. The summed E-state index contributed by atoms with van der Waals surface area (Å²) in [6.07, 6.45) is -3.27. The highest BCUT2D eigenvalue weighted by Gasteiger charge is 2.34. The molecule has 2 N–H and O–H groups in total. The van der Waals surface area contributed by atoms with E-state index >= 15 is 0 Å². The summed E-state index contributed by atoms with van der Waals surface area (Å²) in [5.41, 5.74) is -0.123. The van der Waals surface area contributed by atoms with Crippen LogP contribution >= 0.6 is 11.3 Å². The minimum atomic E-state index is -4.62. The molecule has 180 valence electrons. The van der Waals surface area contributed by atoms with E-state index in [0.717, 1.165) is 16.7 Å². The van der Waals surface area contributed by atoms with Gasteiger partial charge in [0.1, 0.15) is 10.8 Å². The second kappa shape index (κ2) is 10.5. The minimum absolute atomic E-state index is 0.0399. The Hall–Kier alpha value is -3.74. The van der Waals surface area contributed by atoms with Gasteiger partial charge in [-0.1, -0.05) is 0 Å². The maximum absolute atomic E-state index is 13.2.